The van der Waals surface area contributed by atoms with Gasteiger partial charge in [-0.05, 0) is 34.3 Å². The summed E-state index contributed by atoms with van der Waals surface area (Å²) in [7, 11) is 0. The quantitative estimate of drug-likeness (QED) is 0.940. The minimum Gasteiger partial charge on any atom is -0.386 e. The Morgan fingerprint density at radius 3 is 2.87 bits per heavy atom. The van der Waals surface area contributed by atoms with Gasteiger partial charge in [0.15, 0.2) is 0 Å². The summed E-state index contributed by atoms with van der Waals surface area (Å²) in [6.07, 6.45) is 0.131. The summed E-state index contributed by atoms with van der Waals surface area (Å²) in [5.74, 6) is 0. The van der Waals surface area contributed by atoms with Crippen LogP contribution in [0.5, 0.6) is 0 Å². The van der Waals surface area contributed by atoms with Crippen molar-refractivity contribution in [2.24, 2.45) is 0 Å². The Bertz CT molecular complexity index is 452. The van der Waals surface area contributed by atoms with Gasteiger partial charge in [-0.25, -0.2) is 4.98 Å². The molecular weight excluding hydrogens is 294 g/mol. The Labute approximate surface area is 105 Å². The number of hydrogen-bond donors (Lipinski definition) is 1. The molecule has 0 aromatic carbocycles. The number of hydrogen-bond acceptors (Lipinski definition) is 4. The largest absolute Gasteiger partial charge is 0.386 e. The third kappa shape index (κ3) is 2.66. The monoisotopic (exact) mass is 303 g/mol. The van der Waals surface area contributed by atoms with Crippen LogP contribution in [0, 0.1) is 6.92 Å². The van der Waals surface area contributed by atoms with Crippen molar-refractivity contribution in [1.82, 2.24) is 4.98 Å². The van der Waals surface area contributed by atoms with Crippen LogP contribution in [-0.2, 0) is 6.42 Å². The number of aromatic nitrogens is 1. The van der Waals surface area contributed by atoms with Crippen LogP contribution in [0.25, 0.3) is 0 Å². The van der Waals surface area contributed by atoms with E-state index in [2.05, 4.69) is 20.9 Å². The summed E-state index contributed by atoms with van der Waals surface area (Å²) in [4.78, 5) is 5.44. The van der Waals surface area contributed by atoms with E-state index in [9.17, 15) is 5.11 Å². The average molecular weight is 304 g/mol. The van der Waals surface area contributed by atoms with Gasteiger partial charge < -0.3 is 5.11 Å². The highest BCUT2D eigenvalue weighted by Crippen LogP contribution is 2.28. The van der Waals surface area contributed by atoms with Gasteiger partial charge in [0.2, 0.25) is 0 Å². The van der Waals surface area contributed by atoms with E-state index < -0.39 is 6.10 Å². The van der Waals surface area contributed by atoms with E-state index >= 15 is 0 Å². The lowest BCUT2D eigenvalue weighted by molar-refractivity contribution is 0.175. The fourth-order valence-corrected chi connectivity index (χ4v) is 3.50. The Balaban J connectivity index is 2.10. The van der Waals surface area contributed by atoms with Crippen molar-refractivity contribution in [3.05, 3.63) is 36.9 Å². The molecule has 0 saturated heterocycles. The van der Waals surface area contributed by atoms with Crippen molar-refractivity contribution >= 4 is 38.6 Å². The summed E-state index contributed by atoms with van der Waals surface area (Å²) in [5.41, 5.74) is 0.776. The van der Waals surface area contributed by atoms with E-state index in [4.69, 9.17) is 0 Å². The molecule has 0 spiro atoms. The van der Waals surface area contributed by atoms with Crippen molar-refractivity contribution < 1.29 is 5.11 Å². The first-order chi connectivity index (χ1) is 7.16. The summed E-state index contributed by atoms with van der Waals surface area (Å²) in [6.45, 7) is 1.95. The molecule has 0 amide bonds. The maximum absolute atomic E-state index is 9.96. The van der Waals surface area contributed by atoms with Crippen LogP contribution >= 0.6 is 38.6 Å². The van der Waals surface area contributed by atoms with Gasteiger partial charge in [0.25, 0.3) is 0 Å². The van der Waals surface area contributed by atoms with E-state index in [0.717, 1.165) is 20.1 Å². The number of rotatable bonds is 3. The second kappa shape index (κ2) is 4.74. The molecule has 2 rings (SSSR count). The second-order valence-electron chi connectivity index (χ2n) is 3.20. The number of aliphatic hydroxyl groups excluding tert-OH is 1. The zero-order valence-corrected chi connectivity index (χ0v) is 11.3. The minimum atomic E-state index is -0.495. The van der Waals surface area contributed by atoms with E-state index in [1.54, 1.807) is 22.7 Å². The molecule has 0 aliphatic heterocycles. The van der Waals surface area contributed by atoms with Crippen LogP contribution in [0.3, 0.4) is 0 Å². The Kier molecular flexibility index (Phi) is 3.56. The van der Waals surface area contributed by atoms with E-state index in [1.807, 2.05) is 23.8 Å². The first kappa shape index (κ1) is 11.3. The normalized spacial score (nSPS) is 13.0. The molecule has 2 aromatic rings. The Hall–Kier alpha value is -0.230. The number of thiazole rings is 1. The van der Waals surface area contributed by atoms with Crippen molar-refractivity contribution in [2.75, 3.05) is 0 Å². The van der Waals surface area contributed by atoms with Gasteiger partial charge in [-0.2, -0.15) is 0 Å². The highest BCUT2D eigenvalue weighted by Gasteiger charge is 2.14. The zero-order chi connectivity index (χ0) is 10.8. The van der Waals surface area contributed by atoms with Gasteiger partial charge in [0.1, 0.15) is 6.10 Å². The van der Waals surface area contributed by atoms with Crippen LogP contribution in [0.2, 0.25) is 0 Å². The predicted molar refractivity (Wildman–Crippen MR) is 67.5 cm³/mol. The van der Waals surface area contributed by atoms with Crippen molar-refractivity contribution in [1.29, 1.82) is 0 Å². The lowest BCUT2D eigenvalue weighted by Gasteiger charge is -2.06. The third-order valence-corrected chi connectivity index (χ3v) is 4.79. The third-order valence-electron chi connectivity index (χ3n) is 2.05. The molecule has 1 unspecified atom stereocenters. The summed E-state index contributed by atoms with van der Waals surface area (Å²) >= 11 is 6.67. The number of aliphatic hydroxyl groups is 1. The molecule has 0 aliphatic carbocycles. The summed E-state index contributed by atoms with van der Waals surface area (Å²) < 4.78 is 1.07. The Morgan fingerprint density at radius 1 is 1.53 bits per heavy atom. The lowest BCUT2D eigenvalue weighted by atomic mass is 10.2. The fraction of sp³-hybridized carbons (Fsp3) is 0.300. The molecule has 80 valence electrons. The topological polar surface area (TPSA) is 33.1 Å². The SMILES string of the molecule is Cc1nc(C(O)Cc2sccc2Br)cs1. The maximum atomic E-state index is 9.96. The highest BCUT2D eigenvalue weighted by molar-refractivity contribution is 9.10. The van der Waals surface area contributed by atoms with E-state index in [1.165, 1.54) is 0 Å². The molecule has 1 N–H and O–H groups in total. The standard InChI is InChI=1S/C10H10BrNOS2/c1-6-12-8(5-15-6)9(13)4-10-7(11)2-3-14-10/h2-3,5,9,13H,4H2,1H3. The molecule has 2 heterocycles. The van der Waals surface area contributed by atoms with Crippen LogP contribution in [0.15, 0.2) is 21.3 Å². The Morgan fingerprint density at radius 2 is 2.33 bits per heavy atom. The summed E-state index contributed by atoms with van der Waals surface area (Å²) in [6, 6.07) is 2.00. The van der Waals surface area contributed by atoms with Crippen LogP contribution < -0.4 is 0 Å². The molecule has 5 heteroatoms. The maximum Gasteiger partial charge on any atom is 0.102 e. The first-order valence-corrected chi connectivity index (χ1v) is 7.04. The molecule has 0 aliphatic rings. The summed E-state index contributed by atoms with van der Waals surface area (Å²) in [5, 5.41) is 14.9. The van der Waals surface area contributed by atoms with Crippen LogP contribution in [-0.4, -0.2) is 10.1 Å². The number of halogens is 1. The molecule has 15 heavy (non-hydrogen) atoms. The van der Waals surface area contributed by atoms with E-state index in [0.29, 0.717) is 6.42 Å². The molecule has 0 bridgehead atoms. The molecule has 1 atom stereocenters. The van der Waals surface area contributed by atoms with Gasteiger partial charge in [-0.3, -0.25) is 0 Å². The lowest BCUT2D eigenvalue weighted by Crippen LogP contribution is -2.01. The zero-order valence-electron chi connectivity index (χ0n) is 8.11. The molecule has 0 saturated carbocycles. The molecular formula is C10H10BrNOS2. The van der Waals surface area contributed by atoms with Gasteiger partial charge >= 0.3 is 0 Å². The fourth-order valence-electron chi connectivity index (χ4n) is 1.28. The average Bonchev–Trinajstić information content (AvgIpc) is 2.77. The molecule has 0 fully saturated rings. The van der Waals surface area contributed by atoms with Gasteiger partial charge in [0, 0.05) is 21.2 Å². The smallest absolute Gasteiger partial charge is 0.102 e. The minimum absolute atomic E-state index is 0.495. The number of aryl methyl sites for hydroxylation is 1. The van der Waals surface area contributed by atoms with Gasteiger partial charge in [0.05, 0.1) is 10.7 Å². The molecule has 2 aromatic heterocycles. The second-order valence-corrected chi connectivity index (χ2v) is 6.12. The predicted octanol–water partition coefficient (Wildman–Crippen LogP) is 3.55. The number of thiophene rings is 1. The van der Waals surface area contributed by atoms with Crippen molar-refractivity contribution in [3.63, 3.8) is 0 Å². The van der Waals surface area contributed by atoms with Crippen molar-refractivity contribution in [3.8, 4) is 0 Å². The number of nitrogens with zero attached hydrogens (tertiary/aromatic N) is 1. The molecule has 2 nitrogen and oxygen atoms in total. The van der Waals surface area contributed by atoms with Gasteiger partial charge in [-0.1, -0.05) is 0 Å². The van der Waals surface area contributed by atoms with Gasteiger partial charge in [-0.15, -0.1) is 22.7 Å². The first-order valence-electron chi connectivity index (χ1n) is 4.49. The molecule has 0 radical (unpaired) electrons. The van der Waals surface area contributed by atoms with Crippen molar-refractivity contribution in [2.45, 2.75) is 19.4 Å². The van der Waals surface area contributed by atoms with Crippen LogP contribution in [0.1, 0.15) is 21.7 Å². The van der Waals surface area contributed by atoms with E-state index in [-0.39, 0.29) is 0 Å². The highest BCUT2D eigenvalue weighted by atomic mass is 79.9. The van der Waals surface area contributed by atoms with Crippen LogP contribution in [0.4, 0.5) is 0 Å².